The Bertz CT molecular complexity index is 1180. The minimum absolute atomic E-state index is 0.0345. The van der Waals surface area contributed by atoms with Crippen molar-refractivity contribution in [2.75, 3.05) is 10.6 Å². The smallest absolute Gasteiger partial charge is 0.252 e. The van der Waals surface area contributed by atoms with Crippen molar-refractivity contribution in [2.45, 2.75) is 64.5 Å². The van der Waals surface area contributed by atoms with Crippen LogP contribution in [0, 0.1) is 5.82 Å². The van der Waals surface area contributed by atoms with E-state index >= 15 is 0 Å². The number of hydrogen-bond acceptors (Lipinski definition) is 7. The predicted octanol–water partition coefficient (Wildman–Crippen LogP) is 3.81. The number of amides is 1. The van der Waals surface area contributed by atoms with Crippen LogP contribution in [0.25, 0.3) is 11.0 Å². The SMILES string of the molecule is CCc1nc2ccc(Nc3nc(NC4CCCCC4N)c(F)cc3C(N)=O)cc2nc1CC. The number of nitrogens with zero attached hydrogens (tertiary/aromatic N) is 3. The van der Waals surface area contributed by atoms with Crippen molar-refractivity contribution in [2.24, 2.45) is 11.5 Å². The maximum Gasteiger partial charge on any atom is 0.252 e. The lowest BCUT2D eigenvalue weighted by Crippen LogP contribution is -2.43. The Kier molecular flexibility index (Phi) is 6.69. The quantitative estimate of drug-likeness (QED) is 0.429. The average molecular weight is 452 g/mol. The molecule has 0 bridgehead atoms. The van der Waals surface area contributed by atoms with Crippen LogP contribution in [0.1, 0.15) is 61.3 Å². The molecule has 0 saturated heterocycles. The molecular weight excluding hydrogens is 421 g/mol. The lowest BCUT2D eigenvalue weighted by atomic mass is 9.91. The van der Waals surface area contributed by atoms with E-state index in [2.05, 4.69) is 22.5 Å². The van der Waals surface area contributed by atoms with Gasteiger partial charge in [0.1, 0.15) is 5.82 Å². The van der Waals surface area contributed by atoms with Gasteiger partial charge in [-0.3, -0.25) is 4.79 Å². The number of nitrogens with one attached hydrogen (secondary N) is 2. The lowest BCUT2D eigenvalue weighted by molar-refractivity contribution is 0.100. The molecule has 4 rings (SSSR count). The second-order valence-corrected chi connectivity index (χ2v) is 8.43. The topological polar surface area (TPSA) is 132 Å². The van der Waals surface area contributed by atoms with Crippen molar-refractivity contribution in [3.8, 4) is 0 Å². The first-order valence-corrected chi connectivity index (χ1v) is 11.5. The predicted molar refractivity (Wildman–Crippen MR) is 128 cm³/mol. The molecule has 1 amide bonds. The molecule has 1 aromatic carbocycles. The molecule has 2 aromatic heterocycles. The number of anilines is 3. The Balaban J connectivity index is 1.68. The number of primary amides is 1. The number of pyridine rings is 1. The molecule has 1 aliphatic carbocycles. The molecule has 174 valence electrons. The second kappa shape index (κ2) is 9.66. The van der Waals surface area contributed by atoms with E-state index in [1.807, 2.05) is 25.1 Å². The number of aryl methyl sites for hydroxylation is 2. The maximum absolute atomic E-state index is 14.8. The first-order chi connectivity index (χ1) is 15.9. The van der Waals surface area contributed by atoms with Gasteiger partial charge in [0, 0.05) is 17.8 Å². The highest BCUT2D eigenvalue weighted by Gasteiger charge is 2.24. The van der Waals surface area contributed by atoms with Gasteiger partial charge in [-0.25, -0.2) is 19.3 Å². The standard InChI is InChI=1S/C24H30FN7O/c1-3-17-18(4-2)30-21-11-13(9-10-20(21)29-17)28-23-14(22(27)33)12-15(25)24(32-23)31-19-8-6-5-7-16(19)26/h9-12,16,19H,3-8,26H2,1-2H3,(H2,27,33)(H2,28,31,32). The molecule has 0 radical (unpaired) electrons. The van der Waals surface area contributed by atoms with Crippen LogP contribution in [0.3, 0.4) is 0 Å². The third-order valence-corrected chi connectivity index (χ3v) is 6.13. The molecule has 1 saturated carbocycles. The van der Waals surface area contributed by atoms with Gasteiger partial charge in [-0.15, -0.1) is 0 Å². The molecule has 3 aromatic rings. The summed E-state index contributed by atoms with van der Waals surface area (Å²) in [5.74, 6) is -1.20. The van der Waals surface area contributed by atoms with Crippen LogP contribution in [-0.2, 0) is 12.8 Å². The first kappa shape index (κ1) is 22.8. The Morgan fingerprint density at radius 2 is 1.73 bits per heavy atom. The molecule has 9 heteroatoms. The average Bonchev–Trinajstić information content (AvgIpc) is 2.81. The van der Waals surface area contributed by atoms with E-state index in [-0.39, 0.29) is 29.3 Å². The van der Waals surface area contributed by atoms with E-state index in [0.29, 0.717) is 5.69 Å². The van der Waals surface area contributed by atoms with Crippen molar-refractivity contribution in [3.05, 3.63) is 47.0 Å². The summed E-state index contributed by atoms with van der Waals surface area (Å²) in [7, 11) is 0. The normalized spacial score (nSPS) is 18.3. The monoisotopic (exact) mass is 451 g/mol. The summed E-state index contributed by atoms with van der Waals surface area (Å²) < 4.78 is 14.8. The van der Waals surface area contributed by atoms with Crippen LogP contribution >= 0.6 is 0 Å². The van der Waals surface area contributed by atoms with Gasteiger partial charge in [0.25, 0.3) is 5.91 Å². The van der Waals surface area contributed by atoms with Crippen molar-refractivity contribution < 1.29 is 9.18 Å². The van der Waals surface area contributed by atoms with Gasteiger partial charge >= 0.3 is 0 Å². The number of halogens is 1. The van der Waals surface area contributed by atoms with Crippen molar-refractivity contribution >= 4 is 34.3 Å². The van der Waals surface area contributed by atoms with E-state index < -0.39 is 11.7 Å². The molecule has 1 aliphatic rings. The number of fused-ring (bicyclic) bond motifs is 1. The zero-order valence-electron chi connectivity index (χ0n) is 19.0. The van der Waals surface area contributed by atoms with Crippen molar-refractivity contribution in [1.29, 1.82) is 0 Å². The summed E-state index contributed by atoms with van der Waals surface area (Å²) >= 11 is 0. The van der Waals surface area contributed by atoms with Crippen LogP contribution in [0.15, 0.2) is 24.3 Å². The molecule has 1 fully saturated rings. The fourth-order valence-corrected chi connectivity index (χ4v) is 4.30. The summed E-state index contributed by atoms with van der Waals surface area (Å²) in [6.07, 6.45) is 5.40. The van der Waals surface area contributed by atoms with E-state index in [9.17, 15) is 9.18 Å². The number of carbonyl (C=O) groups excluding carboxylic acids is 1. The Morgan fingerprint density at radius 3 is 2.39 bits per heavy atom. The van der Waals surface area contributed by atoms with Crippen LogP contribution in [0.5, 0.6) is 0 Å². The minimum Gasteiger partial charge on any atom is -0.365 e. The van der Waals surface area contributed by atoms with Crippen LogP contribution in [0.4, 0.5) is 21.7 Å². The summed E-state index contributed by atoms with van der Waals surface area (Å²) in [4.78, 5) is 25.8. The van der Waals surface area contributed by atoms with E-state index in [1.54, 1.807) is 0 Å². The molecule has 0 spiro atoms. The summed E-state index contributed by atoms with van der Waals surface area (Å²) in [6, 6.07) is 6.47. The van der Waals surface area contributed by atoms with E-state index in [4.69, 9.17) is 21.4 Å². The van der Waals surface area contributed by atoms with Gasteiger partial charge in [-0.05, 0) is 49.9 Å². The van der Waals surface area contributed by atoms with Gasteiger partial charge in [0.15, 0.2) is 11.6 Å². The zero-order chi connectivity index (χ0) is 23.5. The highest BCUT2D eigenvalue weighted by atomic mass is 19.1. The highest BCUT2D eigenvalue weighted by molar-refractivity contribution is 5.98. The fraction of sp³-hybridized carbons (Fsp3) is 0.417. The highest BCUT2D eigenvalue weighted by Crippen LogP contribution is 2.28. The molecule has 33 heavy (non-hydrogen) atoms. The number of hydrogen-bond donors (Lipinski definition) is 4. The number of nitrogens with two attached hydrogens (primary N) is 2. The molecular formula is C24H30FN7O. The van der Waals surface area contributed by atoms with Crippen molar-refractivity contribution in [1.82, 2.24) is 15.0 Å². The minimum atomic E-state index is -0.772. The van der Waals surface area contributed by atoms with Gasteiger partial charge in [0.05, 0.1) is 28.0 Å². The molecule has 0 aliphatic heterocycles. The third kappa shape index (κ3) is 4.88. The molecule has 2 unspecified atom stereocenters. The number of carbonyl (C=O) groups is 1. The Labute approximate surface area is 192 Å². The number of aromatic nitrogens is 3. The summed E-state index contributed by atoms with van der Waals surface area (Å²) in [5.41, 5.74) is 15.8. The van der Waals surface area contributed by atoms with Gasteiger partial charge < -0.3 is 22.1 Å². The van der Waals surface area contributed by atoms with Crippen LogP contribution < -0.4 is 22.1 Å². The first-order valence-electron chi connectivity index (χ1n) is 11.5. The summed E-state index contributed by atoms with van der Waals surface area (Å²) in [5, 5.41) is 6.23. The van der Waals surface area contributed by atoms with Gasteiger partial charge in [-0.2, -0.15) is 0 Å². The zero-order valence-corrected chi connectivity index (χ0v) is 19.0. The Morgan fingerprint density at radius 1 is 1.03 bits per heavy atom. The van der Waals surface area contributed by atoms with Crippen LogP contribution in [-0.4, -0.2) is 32.9 Å². The maximum atomic E-state index is 14.8. The number of benzene rings is 1. The Hall–Kier alpha value is -3.33. The van der Waals surface area contributed by atoms with Crippen LogP contribution in [0.2, 0.25) is 0 Å². The fourth-order valence-electron chi connectivity index (χ4n) is 4.30. The lowest BCUT2D eigenvalue weighted by Gasteiger charge is -2.30. The largest absolute Gasteiger partial charge is 0.365 e. The number of rotatable bonds is 7. The van der Waals surface area contributed by atoms with E-state index in [0.717, 1.165) is 67.0 Å². The second-order valence-electron chi connectivity index (χ2n) is 8.43. The van der Waals surface area contributed by atoms with E-state index in [1.165, 1.54) is 0 Å². The third-order valence-electron chi connectivity index (χ3n) is 6.13. The van der Waals surface area contributed by atoms with Gasteiger partial charge in [-0.1, -0.05) is 26.7 Å². The van der Waals surface area contributed by atoms with Crippen molar-refractivity contribution in [3.63, 3.8) is 0 Å². The molecule has 2 heterocycles. The molecule has 2 atom stereocenters. The summed E-state index contributed by atoms with van der Waals surface area (Å²) in [6.45, 7) is 4.10. The molecule has 6 N–H and O–H groups in total. The van der Waals surface area contributed by atoms with Gasteiger partial charge in [0.2, 0.25) is 0 Å². The molecule has 8 nitrogen and oxygen atoms in total.